The molecule has 1 saturated heterocycles. The van der Waals surface area contributed by atoms with Crippen LogP contribution in [0.25, 0.3) is 0 Å². The van der Waals surface area contributed by atoms with Crippen molar-refractivity contribution in [3.05, 3.63) is 46.9 Å². The number of rotatable bonds is 3. The molecule has 1 N–H and O–H groups in total. The number of carbonyl (C=O) groups is 1. The van der Waals surface area contributed by atoms with Crippen LogP contribution in [0, 0.1) is 12.8 Å². The number of aromatic nitrogens is 2. The number of nitrogens with one attached hydrogen (secondary N) is 1. The van der Waals surface area contributed by atoms with Gasteiger partial charge in [0.25, 0.3) is 5.91 Å². The Morgan fingerprint density at radius 1 is 1.29 bits per heavy atom. The molecule has 126 valence electrons. The molecule has 1 unspecified atom stereocenters. The first kappa shape index (κ1) is 16.7. The first-order valence-corrected chi connectivity index (χ1v) is 8.56. The van der Waals surface area contributed by atoms with E-state index >= 15 is 0 Å². The van der Waals surface area contributed by atoms with Gasteiger partial charge in [-0.2, -0.15) is 0 Å². The quantitative estimate of drug-likeness (QED) is 0.916. The van der Waals surface area contributed by atoms with Crippen molar-refractivity contribution in [1.29, 1.82) is 0 Å². The molecule has 0 radical (unpaired) electrons. The van der Waals surface area contributed by atoms with Crippen LogP contribution in [0.5, 0.6) is 0 Å². The summed E-state index contributed by atoms with van der Waals surface area (Å²) in [5.74, 6) is 1.83. The fraction of sp³-hybridized carbons (Fsp3) is 0.389. The maximum absolute atomic E-state index is 12.5. The smallest absolute Gasteiger partial charge is 0.274 e. The number of amides is 1. The van der Waals surface area contributed by atoms with E-state index in [9.17, 15) is 4.79 Å². The minimum absolute atomic E-state index is 0.242. The summed E-state index contributed by atoms with van der Waals surface area (Å²) in [6, 6.07) is 8.78. The maximum Gasteiger partial charge on any atom is 0.274 e. The van der Waals surface area contributed by atoms with Crippen molar-refractivity contribution in [2.45, 2.75) is 26.7 Å². The molecule has 5 nitrogen and oxygen atoms in total. The summed E-state index contributed by atoms with van der Waals surface area (Å²) in [6.45, 7) is 6.00. The standard InChI is InChI=1S/C18H21ClN4O/c1-12-4-3-9-23(11-12)17-10-16(20-13(2)21-17)18(24)22-15-7-5-14(19)6-8-15/h5-8,10,12H,3-4,9,11H2,1-2H3,(H,22,24). The Balaban J connectivity index is 1.79. The molecule has 0 aliphatic carbocycles. The van der Waals surface area contributed by atoms with Crippen LogP contribution in [0.3, 0.4) is 0 Å². The van der Waals surface area contributed by atoms with Crippen LogP contribution < -0.4 is 10.2 Å². The third-order valence-electron chi connectivity index (χ3n) is 4.14. The molecule has 3 rings (SSSR count). The monoisotopic (exact) mass is 344 g/mol. The first-order chi connectivity index (χ1) is 11.5. The summed E-state index contributed by atoms with van der Waals surface area (Å²) in [6.07, 6.45) is 2.39. The molecule has 1 fully saturated rings. The van der Waals surface area contributed by atoms with E-state index < -0.39 is 0 Å². The summed E-state index contributed by atoms with van der Waals surface area (Å²) in [7, 11) is 0. The highest BCUT2D eigenvalue weighted by atomic mass is 35.5. The Labute approximate surface area is 147 Å². The number of carbonyl (C=O) groups excluding carboxylic acids is 1. The van der Waals surface area contributed by atoms with Gasteiger partial charge < -0.3 is 10.2 Å². The summed E-state index contributed by atoms with van der Waals surface area (Å²) in [5, 5.41) is 3.48. The first-order valence-electron chi connectivity index (χ1n) is 8.19. The predicted octanol–water partition coefficient (Wildman–Crippen LogP) is 3.93. The molecule has 1 aliphatic rings. The van der Waals surface area contributed by atoms with Gasteiger partial charge in [-0.05, 0) is 49.9 Å². The van der Waals surface area contributed by atoms with Gasteiger partial charge in [-0.15, -0.1) is 0 Å². The lowest BCUT2D eigenvalue weighted by molar-refractivity contribution is 0.102. The third kappa shape index (κ3) is 4.03. The van der Waals surface area contributed by atoms with Gasteiger partial charge in [0, 0.05) is 29.9 Å². The summed E-state index contributed by atoms with van der Waals surface area (Å²) >= 11 is 5.87. The Hall–Kier alpha value is -2.14. The molecule has 6 heteroatoms. The molecule has 2 heterocycles. The molecule has 0 saturated carbocycles. The molecular weight excluding hydrogens is 324 g/mol. The molecule has 2 aromatic rings. The SMILES string of the molecule is Cc1nc(C(=O)Nc2ccc(Cl)cc2)cc(N2CCCC(C)C2)n1. The van der Waals surface area contributed by atoms with Crippen molar-refractivity contribution in [3.63, 3.8) is 0 Å². The molecule has 0 spiro atoms. The van der Waals surface area contributed by atoms with Gasteiger partial charge in [-0.1, -0.05) is 18.5 Å². The summed E-state index contributed by atoms with van der Waals surface area (Å²) in [5.41, 5.74) is 1.07. The number of piperidine rings is 1. The highest BCUT2D eigenvalue weighted by molar-refractivity contribution is 6.30. The molecule has 24 heavy (non-hydrogen) atoms. The molecule has 1 atom stereocenters. The van der Waals surface area contributed by atoms with Crippen molar-refractivity contribution in [3.8, 4) is 0 Å². The number of halogens is 1. The van der Waals surface area contributed by atoms with E-state index in [-0.39, 0.29) is 5.91 Å². The van der Waals surface area contributed by atoms with E-state index in [0.29, 0.717) is 28.1 Å². The van der Waals surface area contributed by atoms with Crippen molar-refractivity contribution < 1.29 is 4.79 Å². The Morgan fingerprint density at radius 2 is 2.04 bits per heavy atom. The van der Waals surface area contributed by atoms with Crippen molar-refractivity contribution >= 4 is 29.0 Å². The predicted molar refractivity (Wildman–Crippen MR) is 96.8 cm³/mol. The Bertz CT molecular complexity index is 732. The number of hydrogen-bond donors (Lipinski definition) is 1. The second kappa shape index (κ2) is 7.18. The fourth-order valence-corrected chi connectivity index (χ4v) is 3.08. The van der Waals surface area contributed by atoms with Crippen LogP contribution in [0.1, 0.15) is 36.1 Å². The third-order valence-corrected chi connectivity index (χ3v) is 4.39. The second-order valence-corrected chi connectivity index (χ2v) is 6.75. The highest BCUT2D eigenvalue weighted by Gasteiger charge is 2.20. The van der Waals surface area contributed by atoms with E-state index in [4.69, 9.17) is 11.6 Å². The van der Waals surface area contributed by atoms with Crippen LogP contribution in [0.4, 0.5) is 11.5 Å². The van der Waals surface area contributed by atoms with Crippen molar-refractivity contribution in [2.24, 2.45) is 5.92 Å². The number of nitrogens with zero attached hydrogens (tertiary/aromatic N) is 3. The lowest BCUT2D eigenvalue weighted by Crippen LogP contribution is -2.35. The van der Waals surface area contributed by atoms with Gasteiger partial charge in [0.2, 0.25) is 0 Å². The number of benzene rings is 1. The van der Waals surface area contributed by atoms with Gasteiger partial charge in [-0.3, -0.25) is 4.79 Å². The van der Waals surface area contributed by atoms with Crippen LogP contribution >= 0.6 is 11.6 Å². The van der Waals surface area contributed by atoms with Crippen LogP contribution in [0.2, 0.25) is 5.02 Å². The molecule has 1 aromatic heterocycles. The number of hydrogen-bond acceptors (Lipinski definition) is 4. The normalized spacial score (nSPS) is 17.6. The van der Waals surface area contributed by atoms with Gasteiger partial charge in [-0.25, -0.2) is 9.97 Å². The van der Waals surface area contributed by atoms with Crippen LogP contribution in [-0.2, 0) is 0 Å². The zero-order valence-corrected chi connectivity index (χ0v) is 14.7. The van der Waals surface area contributed by atoms with E-state index in [0.717, 1.165) is 25.3 Å². The van der Waals surface area contributed by atoms with Crippen molar-refractivity contribution in [2.75, 3.05) is 23.3 Å². The number of aryl methyl sites for hydroxylation is 1. The minimum Gasteiger partial charge on any atom is -0.356 e. The highest BCUT2D eigenvalue weighted by Crippen LogP contribution is 2.22. The average Bonchev–Trinajstić information content (AvgIpc) is 2.56. The van der Waals surface area contributed by atoms with Crippen LogP contribution in [0.15, 0.2) is 30.3 Å². The molecule has 1 aromatic carbocycles. The topological polar surface area (TPSA) is 58.1 Å². The maximum atomic E-state index is 12.5. The van der Waals surface area contributed by atoms with E-state index in [1.54, 1.807) is 30.3 Å². The van der Waals surface area contributed by atoms with Crippen LogP contribution in [-0.4, -0.2) is 29.0 Å². The second-order valence-electron chi connectivity index (χ2n) is 6.31. The van der Waals surface area contributed by atoms with E-state index in [2.05, 4.69) is 27.1 Å². The van der Waals surface area contributed by atoms with Gasteiger partial charge in [0.15, 0.2) is 0 Å². The minimum atomic E-state index is -0.242. The summed E-state index contributed by atoms with van der Waals surface area (Å²) < 4.78 is 0. The molecule has 0 bridgehead atoms. The Kier molecular flexibility index (Phi) is 5.00. The lowest BCUT2D eigenvalue weighted by atomic mass is 10.0. The molecular formula is C18H21ClN4O. The van der Waals surface area contributed by atoms with Gasteiger partial charge in [0.05, 0.1) is 0 Å². The zero-order valence-electron chi connectivity index (χ0n) is 13.9. The lowest BCUT2D eigenvalue weighted by Gasteiger charge is -2.32. The molecule has 1 aliphatic heterocycles. The van der Waals surface area contributed by atoms with E-state index in [1.165, 1.54) is 6.42 Å². The van der Waals surface area contributed by atoms with Crippen molar-refractivity contribution in [1.82, 2.24) is 9.97 Å². The average molecular weight is 345 g/mol. The number of anilines is 2. The van der Waals surface area contributed by atoms with Gasteiger partial charge in [0.1, 0.15) is 17.3 Å². The summed E-state index contributed by atoms with van der Waals surface area (Å²) in [4.78, 5) is 23.5. The Morgan fingerprint density at radius 3 is 2.75 bits per heavy atom. The van der Waals surface area contributed by atoms with Gasteiger partial charge >= 0.3 is 0 Å². The molecule has 1 amide bonds. The largest absolute Gasteiger partial charge is 0.356 e. The fourth-order valence-electron chi connectivity index (χ4n) is 2.96. The van der Waals surface area contributed by atoms with E-state index in [1.807, 2.05) is 6.92 Å². The zero-order chi connectivity index (χ0) is 17.1.